The van der Waals surface area contributed by atoms with Gasteiger partial charge in [0.1, 0.15) is 11.4 Å². The zero-order chi connectivity index (χ0) is 16.4. The number of alkyl halides is 3. The van der Waals surface area contributed by atoms with Gasteiger partial charge < -0.3 is 4.57 Å². The lowest BCUT2D eigenvalue weighted by molar-refractivity contribution is -0.145. The highest BCUT2D eigenvalue weighted by atomic mass is 32.2. The van der Waals surface area contributed by atoms with E-state index in [2.05, 4.69) is 26.7 Å². The number of halogens is 3. The summed E-state index contributed by atoms with van der Waals surface area (Å²) in [7, 11) is 0. The monoisotopic (exact) mass is 337 g/mol. The van der Waals surface area contributed by atoms with Crippen molar-refractivity contribution in [2.24, 2.45) is 0 Å². The lowest BCUT2D eigenvalue weighted by Crippen LogP contribution is -2.12. The molecule has 0 N–H and O–H groups in total. The van der Waals surface area contributed by atoms with Crippen molar-refractivity contribution in [3.8, 4) is 0 Å². The number of fused-ring (bicyclic) bond motifs is 1. The van der Waals surface area contributed by atoms with Crippen LogP contribution in [-0.2, 0) is 12.7 Å². The number of para-hydroxylation sites is 1. The Morgan fingerprint density at radius 2 is 2.00 bits per heavy atom. The van der Waals surface area contributed by atoms with Crippen LogP contribution in [0.3, 0.4) is 0 Å². The van der Waals surface area contributed by atoms with E-state index in [1.807, 2.05) is 0 Å². The quantitative estimate of drug-likeness (QED) is 0.538. The molecule has 0 radical (unpaired) electrons. The third-order valence-corrected chi connectivity index (χ3v) is 3.92. The smallest absolute Gasteiger partial charge is 0.304 e. The number of allylic oxidation sites excluding steroid dienone is 1. The summed E-state index contributed by atoms with van der Waals surface area (Å²) in [6.45, 7) is 4.07. The molecule has 2 aromatic heterocycles. The van der Waals surface area contributed by atoms with Crippen molar-refractivity contribution in [3.63, 3.8) is 0 Å². The Morgan fingerprint density at radius 3 is 2.74 bits per heavy atom. The minimum Gasteiger partial charge on any atom is -0.304 e. The van der Waals surface area contributed by atoms with E-state index in [-0.39, 0.29) is 10.5 Å². The van der Waals surface area contributed by atoms with Crippen LogP contribution in [-0.4, -0.2) is 24.7 Å². The molecule has 5 nitrogen and oxygen atoms in total. The van der Waals surface area contributed by atoms with Gasteiger partial charge in [-0.05, 0) is 17.8 Å². The standard InChI is InChI=1S/C14H10F3N5S/c1-2-7-22-8-18-21-13(22)23-11-9-5-3-4-6-10(9)19-12(20-11)14(15,16)17/h2-6,8H,1,7H2. The van der Waals surface area contributed by atoms with Gasteiger partial charge in [0.05, 0.1) is 5.52 Å². The van der Waals surface area contributed by atoms with E-state index < -0.39 is 12.0 Å². The Labute approximate surface area is 133 Å². The molecule has 0 aliphatic carbocycles. The normalized spacial score (nSPS) is 11.8. The molecule has 0 atom stereocenters. The van der Waals surface area contributed by atoms with Crippen LogP contribution in [0.4, 0.5) is 13.2 Å². The topological polar surface area (TPSA) is 56.5 Å². The molecule has 0 saturated carbocycles. The first-order valence-corrected chi connectivity index (χ1v) is 7.31. The lowest BCUT2D eigenvalue weighted by atomic mass is 10.2. The van der Waals surface area contributed by atoms with Gasteiger partial charge in [0, 0.05) is 11.9 Å². The van der Waals surface area contributed by atoms with E-state index in [1.54, 1.807) is 28.8 Å². The molecule has 23 heavy (non-hydrogen) atoms. The van der Waals surface area contributed by atoms with Gasteiger partial charge in [-0.25, -0.2) is 9.97 Å². The average Bonchev–Trinajstić information content (AvgIpc) is 2.94. The highest BCUT2D eigenvalue weighted by molar-refractivity contribution is 7.99. The Kier molecular flexibility index (Phi) is 4.03. The number of benzene rings is 1. The lowest BCUT2D eigenvalue weighted by Gasteiger charge is -2.10. The van der Waals surface area contributed by atoms with Crippen LogP contribution >= 0.6 is 11.8 Å². The number of hydrogen-bond acceptors (Lipinski definition) is 5. The molecular weight excluding hydrogens is 327 g/mol. The number of hydrogen-bond donors (Lipinski definition) is 0. The van der Waals surface area contributed by atoms with Crippen LogP contribution in [0.5, 0.6) is 0 Å². The van der Waals surface area contributed by atoms with Crippen LogP contribution in [0, 0.1) is 0 Å². The third-order valence-electron chi connectivity index (χ3n) is 2.92. The van der Waals surface area contributed by atoms with Gasteiger partial charge in [-0.3, -0.25) is 0 Å². The highest BCUT2D eigenvalue weighted by Crippen LogP contribution is 2.34. The van der Waals surface area contributed by atoms with Crippen molar-refractivity contribution in [1.29, 1.82) is 0 Å². The number of rotatable bonds is 4. The van der Waals surface area contributed by atoms with Crippen molar-refractivity contribution in [2.75, 3.05) is 0 Å². The summed E-state index contributed by atoms with van der Waals surface area (Å²) in [5.41, 5.74) is 0.229. The fourth-order valence-corrected chi connectivity index (χ4v) is 2.84. The molecule has 1 aromatic carbocycles. The van der Waals surface area contributed by atoms with E-state index >= 15 is 0 Å². The molecule has 0 spiro atoms. The van der Waals surface area contributed by atoms with Gasteiger partial charge >= 0.3 is 6.18 Å². The predicted molar refractivity (Wildman–Crippen MR) is 78.9 cm³/mol. The second-order valence-corrected chi connectivity index (χ2v) is 5.48. The molecule has 118 valence electrons. The van der Waals surface area contributed by atoms with Crippen molar-refractivity contribution in [2.45, 2.75) is 22.9 Å². The Balaban J connectivity index is 2.11. The molecule has 3 aromatic rings. The summed E-state index contributed by atoms with van der Waals surface area (Å²) < 4.78 is 40.7. The predicted octanol–water partition coefficient (Wildman–Crippen LogP) is 3.58. The molecule has 0 bridgehead atoms. The first kappa shape index (κ1) is 15.5. The maximum Gasteiger partial charge on any atom is 0.451 e. The van der Waals surface area contributed by atoms with E-state index in [9.17, 15) is 13.2 Å². The van der Waals surface area contributed by atoms with Crippen molar-refractivity contribution >= 4 is 22.7 Å². The Morgan fingerprint density at radius 1 is 1.22 bits per heavy atom. The number of aromatic nitrogens is 5. The largest absolute Gasteiger partial charge is 0.451 e. The molecule has 0 fully saturated rings. The summed E-state index contributed by atoms with van der Waals surface area (Å²) in [6.07, 6.45) is -1.49. The summed E-state index contributed by atoms with van der Waals surface area (Å²) in [4.78, 5) is 7.25. The maximum atomic E-state index is 13.0. The number of nitrogens with zero attached hydrogens (tertiary/aromatic N) is 5. The minimum absolute atomic E-state index is 0.182. The van der Waals surface area contributed by atoms with Crippen LogP contribution in [0.15, 0.2) is 53.4 Å². The van der Waals surface area contributed by atoms with Gasteiger partial charge in [0.25, 0.3) is 0 Å². The van der Waals surface area contributed by atoms with E-state index in [0.717, 1.165) is 11.8 Å². The third kappa shape index (κ3) is 3.19. The molecule has 3 rings (SSSR count). The zero-order valence-corrected chi connectivity index (χ0v) is 12.5. The van der Waals surface area contributed by atoms with Gasteiger partial charge in [0.2, 0.25) is 5.82 Å². The van der Waals surface area contributed by atoms with Gasteiger partial charge in [-0.15, -0.1) is 16.8 Å². The molecule has 0 aliphatic rings. The molecule has 0 saturated heterocycles. The van der Waals surface area contributed by atoms with Gasteiger partial charge in [0.15, 0.2) is 5.16 Å². The van der Waals surface area contributed by atoms with Crippen LogP contribution < -0.4 is 0 Å². The summed E-state index contributed by atoms with van der Waals surface area (Å²) in [5.74, 6) is -1.17. The minimum atomic E-state index is -4.62. The molecule has 0 aliphatic heterocycles. The fraction of sp³-hybridized carbons (Fsp3) is 0.143. The summed E-state index contributed by atoms with van der Waals surface area (Å²) >= 11 is 1.01. The molecule has 0 amide bonds. The Hall–Kier alpha value is -2.42. The highest BCUT2D eigenvalue weighted by Gasteiger charge is 2.35. The van der Waals surface area contributed by atoms with Crippen LogP contribution in [0.25, 0.3) is 10.9 Å². The van der Waals surface area contributed by atoms with Crippen LogP contribution in [0.2, 0.25) is 0 Å². The zero-order valence-electron chi connectivity index (χ0n) is 11.7. The summed E-state index contributed by atoms with van der Waals surface area (Å²) in [5, 5.41) is 8.82. The first-order valence-electron chi connectivity index (χ1n) is 6.49. The second-order valence-electron chi connectivity index (χ2n) is 4.52. The van der Waals surface area contributed by atoms with Gasteiger partial charge in [-0.1, -0.05) is 24.3 Å². The van der Waals surface area contributed by atoms with E-state index in [0.29, 0.717) is 17.1 Å². The molecule has 0 unspecified atom stereocenters. The van der Waals surface area contributed by atoms with E-state index in [1.165, 1.54) is 12.4 Å². The SMILES string of the molecule is C=CCn1cnnc1Sc1nc(C(F)(F)F)nc2ccccc12. The average molecular weight is 337 g/mol. The maximum absolute atomic E-state index is 13.0. The van der Waals surface area contributed by atoms with Crippen LogP contribution in [0.1, 0.15) is 5.82 Å². The van der Waals surface area contributed by atoms with Crippen molar-refractivity contribution < 1.29 is 13.2 Å². The van der Waals surface area contributed by atoms with Crippen molar-refractivity contribution in [3.05, 3.63) is 49.1 Å². The summed E-state index contributed by atoms with van der Waals surface area (Å²) in [6, 6.07) is 6.54. The molecular formula is C14H10F3N5S. The van der Waals surface area contributed by atoms with Crippen molar-refractivity contribution in [1.82, 2.24) is 24.7 Å². The Bertz CT molecular complexity index is 859. The fourth-order valence-electron chi connectivity index (χ4n) is 1.93. The first-order chi connectivity index (χ1) is 11.0. The van der Waals surface area contributed by atoms with E-state index in [4.69, 9.17) is 0 Å². The molecule has 2 heterocycles. The molecule has 9 heteroatoms. The second kappa shape index (κ2) is 5.99. The van der Waals surface area contributed by atoms with Gasteiger partial charge in [-0.2, -0.15) is 13.2 Å².